The second-order valence-electron chi connectivity index (χ2n) is 19.0. The number of carbonyl (C=O) groups excluding carboxylic acids is 1. The van der Waals surface area contributed by atoms with Crippen LogP contribution >= 0.6 is 0 Å². The van der Waals surface area contributed by atoms with Gasteiger partial charge < -0.3 is 15.5 Å². The molecule has 0 radical (unpaired) electrons. The second kappa shape index (κ2) is 58.1. The van der Waals surface area contributed by atoms with E-state index in [-0.39, 0.29) is 12.5 Å². The number of unbranched alkanes of at least 4 members (excludes halogenated alkanes) is 26. The molecule has 68 heavy (non-hydrogen) atoms. The SMILES string of the molecule is CC/C=C\C/C=C\C/C=C\C/C=C\C/C=C\C/C=C\C/C=C\CCCCCCCC(=O)NC(CO)C(O)/C=C/CC/C=C/CC/C=C/CCCCCCCCCCCCCCCCCCCCC. The number of hydrogen-bond acceptors (Lipinski definition) is 3. The molecule has 0 saturated carbocycles. The van der Waals surface area contributed by atoms with Crippen LogP contribution in [0.3, 0.4) is 0 Å². The van der Waals surface area contributed by atoms with Gasteiger partial charge in [0, 0.05) is 6.42 Å². The van der Waals surface area contributed by atoms with Crippen LogP contribution in [0, 0.1) is 0 Å². The minimum atomic E-state index is -0.889. The Labute approximate surface area is 422 Å². The Kier molecular flexibility index (Phi) is 55.4. The summed E-state index contributed by atoms with van der Waals surface area (Å²) in [6.45, 7) is 4.18. The highest BCUT2D eigenvalue weighted by Gasteiger charge is 2.17. The molecule has 4 nitrogen and oxygen atoms in total. The first kappa shape index (κ1) is 64.8. The molecule has 2 unspecified atom stereocenters. The Bertz CT molecular complexity index is 1340. The highest BCUT2D eigenvalue weighted by molar-refractivity contribution is 5.76. The maximum absolute atomic E-state index is 12.5. The Morgan fingerprint density at radius 1 is 0.368 bits per heavy atom. The zero-order valence-corrected chi connectivity index (χ0v) is 44.6. The minimum absolute atomic E-state index is 0.101. The highest BCUT2D eigenvalue weighted by atomic mass is 16.3. The Morgan fingerprint density at radius 3 is 1.03 bits per heavy atom. The van der Waals surface area contributed by atoms with Crippen molar-refractivity contribution in [3.63, 3.8) is 0 Å². The van der Waals surface area contributed by atoms with Crippen molar-refractivity contribution in [1.82, 2.24) is 5.32 Å². The number of amides is 1. The van der Waals surface area contributed by atoms with Crippen LogP contribution < -0.4 is 5.32 Å². The van der Waals surface area contributed by atoms with Crippen molar-refractivity contribution >= 4 is 5.91 Å². The topological polar surface area (TPSA) is 69.6 Å². The quantitative estimate of drug-likeness (QED) is 0.0420. The lowest BCUT2D eigenvalue weighted by molar-refractivity contribution is -0.123. The van der Waals surface area contributed by atoms with Crippen molar-refractivity contribution in [2.24, 2.45) is 0 Å². The van der Waals surface area contributed by atoms with Crippen LogP contribution in [0.15, 0.2) is 122 Å². The molecular weight excluding hydrogens is 831 g/mol. The molecule has 0 heterocycles. The fraction of sp³-hybridized carbons (Fsp3) is 0.672. The summed E-state index contributed by atoms with van der Waals surface area (Å²) in [5.74, 6) is -0.101. The fourth-order valence-corrected chi connectivity index (χ4v) is 8.07. The summed E-state index contributed by atoms with van der Waals surface area (Å²) in [6, 6.07) is -0.667. The standard InChI is InChI=1S/C64H109NO3/c1-3-5-7-9-11-13-15-17-19-21-23-25-27-29-31-32-34-35-37-39-41-43-45-47-49-51-53-55-57-59-63(67)62(61-66)65-64(68)60-58-56-54-52-50-48-46-44-42-40-38-36-33-30-28-26-24-22-20-18-16-14-12-10-8-6-4-2/h6,8,12,14,18,20,24,26,30,33,38,40-41,43-44,46,49,51,57,59,62-63,66-67H,3-5,7,9-11,13,15-17,19,21-23,25,27-29,31-32,34-37,39,42,45,47-48,50,52-56,58,60-61H2,1-2H3,(H,65,68)/b8-6-,14-12-,20-18-,26-24-,33-30-,40-38-,43-41+,46-44-,51-49+,59-57+. The molecule has 1 amide bonds. The average molecular weight is 941 g/mol. The van der Waals surface area contributed by atoms with Crippen LogP contribution in [0.25, 0.3) is 0 Å². The molecule has 0 spiro atoms. The third-order valence-electron chi connectivity index (χ3n) is 12.4. The monoisotopic (exact) mass is 940 g/mol. The van der Waals surface area contributed by atoms with Gasteiger partial charge in [0.2, 0.25) is 5.91 Å². The smallest absolute Gasteiger partial charge is 0.220 e. The van der Waals surface area contributed by atoms with Crippen molar-refractivity contribution in [2.45, 2.75) is 270 Å². The van der Waals surface area contributed by atoms with E-state index >= 15 is 0 Å². The lowest BCUT2D eigenvalue weighted by Gasteiger charge is -2.19. The van der Waals surface area contributed by atoms with E-state index in [0.717, 1.165) is 96.3 Å². The van der Waals surface area contributed by atoms with Gasteiger partial charge in [0.25, 0.3) is 0 Å². The third kappa shape index (κ3) is 53.7. The van der Waals surface area contributed by atoms with Crippen molar-refractivity contribution in [1.29, 1.82) is 0 Å². The molecule has 0 fully saturated rings. The van der Waals surface area contributed by atoms with Gasteiger partial charge in [-0.05, 0) is 103 Å². The van der Waals surface area contributed by atoms with Gasteiger partial charge in [-0.3, -0.25) is 4.79 Å². The van der Waals surface area contributed by atoms with Gasteiger partial charge in [-0.25, -0.2) is 0 Å². The van der Waals surface area contributed by atoms with Gasteiger partial charge in [-0.15, -0.1) is 0 Å². The molecule has 0 aliphatic heterocycles. The molecule has 0 saturated heterocycles. The molecule has 0 aliphatic rings. The molecule has 0 aromatic heterocycles. The molecule has 0 rings (SSSR count). The zero-order chi connectivity index (χ0) is 49.2. The normalized spacial score (nSPS) is 13.8. The van der Waals surface area contributed by atoms with E-state index in [9.17, 15) is 15.0 Å². The summed E-state index contributed by atoms with van der Waals surface area (Å²) in [5.41, 5.74) is 0. The molecule has 2 atom stereocenters. The number of rotatable bonds is 51. The van der Waals surface area contributed by atoms with Gasteiger partial charge in [0.1, 0.15) is 0 Å². The first-order valence-electron chi connectivity index (χ1n) is 28.7. The third-order valence-corrected chi connectivity index (χ3v) is 12.4. The number of hydrogen-bond donors (Lipinski definition) is 3. The maximum Gasteiger partial charge on any atom is 0.220 e. The Morgan fingerprint density at radius 2 is 0.662 bits per heavy atom. The van der Waals surface area contributed by atoms with Crippen LogP contribution in [0.1, 0.15) is 258 Å². The highest BCUT2D eigenvalue weighted by Crippen LogP contribution is 2.15. The van der Waals surface area contributed by atoms with Gasteiger partial charge >= 0.3 is 0 Å². The maximum atomic E-state index is 12.5. The molecular formula is C64H109NO3. The van der Waals surface area contributed by atoms with Gasteiger partial charge in [0.05, 0.1) is 18.8 Å². The average Bonchev–Trinajstić information content (AvgIpc) is 3.34. The van der Waals surface area contributed by atoms with Gasteiger partial charge in [0.15, 0.2) is 0 Å². The van der Waals surface area contributed by atoms with Gasteiger partial charge in [-0.2, -0.15) is 0 Å². The number of aliphatic hydroxyl groups excluding tert-OH is 2. The van der Waals surface area contributed by atoms with E-state index in [1.807, 2.05) is 6.08 Å². The molecule has 0 bridgehead atoms. The minimum Gasteiger partial charge on any atom is -0.394 e. The first-order valence-corrected chi connectivity index (χ1v) is 28.7. The molecule has 388 valence electrons. The van der Waals surface area contributed by atoms with E-state index in [0.29, 0.717) is 6.42 Å². The van der Waals surface area contributed by atoms with Crippen LogP contribution in [-0.2, 0) is 4.79 Å². The van der Waals surface area contributed by atoms with Crippen molar-refractivity contribution in [3.05, 3.63) is 122 Å². The second-order valence-corrected chi connectivity index (χ2v) is 19.0. The van der Waals surface area contributed by atoms with Crippen LogP contribution in [0.2, 0.25) is 0 Å². The predicted molar refractivity (Wildman–Crippen MR) is 303 cm³/mol. The molecule has 0 aromatic carbocycles. The van der Waals surface area contributed by atoms with E-state index in [1.165, 1.54) is 141 Å². The largest absolute Gasteiger partial charge is 0.394 e. The van der Waals surface area contributed by atoms with Gasteiger partial charge in [-0.1, -0.05) is 270 Å². The molecule has 0 aliphatic carbocycles. The summed E-state index contributed by atoms with van der Waals surface area (Å²) in [6.07, 6.45) is 89.3. The fourth-order valence-electron chi connectivity index (χ4n) is 8.07. The van der Waals surface area contributed by atoms with Crippen molar-refractivity contribution in [2.75, 3.05) is 6.61 Å². The Balaban J connectivity index is 3.66. The van der Waals surface area contributed by atoms with E-state index in [1.54, 1.807) is 6.08 Å². The molecule has 3 N–H and O–H groups in total. The zero-order valence-electron chi connectivity index (χ0n) is 44.6. The summed E-state index contributed by atoms with van der Waals surface area (Å²) in [4.78, 5) is 12.5. The van der Waals surface area contributed by atoms with E-state index in [2.05, 4.69) is 129 Å². The predicted octanol–water partition coefficient (Wildman–Crippen LogP) is 19.2. The number of allylic oxidation sites excluding steroid dienone is 19. The summed E-state index contributed by atoms with van der Waals surface area (Å²) in [7, 11) is 0. The molecule has 4 heteroatoms. The summed E-state index contributed by atoms with van der Waals surface area (Å²) < 4.78 is 0. The summed E-state index contributed by atoms with van der Waals surface area (Å²) >= 11 is 0. The Hall–Kier alpha value is -3.21. The van der Waals surface area contributed by atoms with Crippen molar-refractivity contribution < 1.29 is 15.0 Å². The van der Waals surface area contributed by atoms with Crippen LogP contribution in [-0.4, -0.2) is 34.9 Å². The number of carbonyl (C=O) groups is 1. The van der Waals surface area contributed by atoms with E-state index in [4.69, 9.17) is 0 Å². The molecule has 0 aromatic rings. The number of nitrogens with one attached hydrogen (secondary N) is 1. The van der Waals surface area contributed by atoms with Crippen LogP contribution in [0.5, 0.6) is 0 Å². The lowest BCUT2D eigenvalue weighted by atomic mass is 10.0. The first-order chi connectivity index (χ1) is 33.7. The van der Waals surface area contributed by atoms with E-state index < -0.39 is 12.1 Å². The summed E-state index contributed by atoms with van der Waals surface area (Å²) in [5, 5.41) is 23.1. The number of aliphatic hydroxyl groups is 2. The lowest BCUT2D eigenvalue weighted by Crippen LogP contribution is -2.45. The van der Waals surface area contributed by atoms with Crippen molar-refractivity contribution in [3.8, 4) is 0 Å². The van der Waals surface area contributed by atoms with Crippen LogP contribution in [0.4, 0.5) is 0 Å².